The number of amides is 1. The van der Waals surface area contributed by atoms with Crippen LogP contribution >= 0.6 is 0 Å². The second-order valence-electron chi connectivity index (χ2n) is 4.27. The fourth-order valence-corrected chi connectivity index (χ4v) is 3.68. The number of ether oxygens (including phenoxy) is 1. The van der Waals surface area contributed by atoms with Gasteiger partial charge in [0.25, 0.3) is 5.91 Å². The van der Waals surface area contributed by atoms with Gasteiger partial charge < -0.3 is 10.1 Å². The molecule has 5 nitrogen and oxygen atoms in total. The molecular formula is C12H15NO4S. The number of carbonyl (C=O) groups excluding carboxylic acids is 1. The quantitative estimate of drug-likeness (QED) is 0.872. The Kier molecular flexibility index (Phi) is 3.56. The Hall–Kier alpha value is -1.56. The van der Waals surface area contributed by atoms with E-state index >= 15 is 0 Å². The molecule has 0 bridgehead atoms. The minimum Gasteiger partial charge on any atom is -0.496 e. The topological polar surface area (TPSA) is 72.5 Å². The summed E-state index contributed by atoms with van der Waals surface area (Å²) in [4.78, 5) is 12.0. The summed E-state index contributed by atoms with van der Waals surface area (Å²) in [6.45, 7) is 0. The van der Waals surface area contributed by atoms with Gasteiger partial charge in [0.05, 0.1) is 24.2 Å². The van der Waals surface area contributed by atoms with Gasteiger partial charge in [-0.05, 0) is 18.6 Å². The van der Waals surface area contributed by atoms with Crippen LogP contribution in [0.5, 0.6) is 5.75 Å². The van der Waals surface area contributed by atoms with Gasteiger partial charge in [-0.2, -0.15) is 0 Å². The number of hydrogen-bond donors (Lipinski definition) is 1. The zero-order chi connectivity index (χ0) is 13.2. The SMILES string of the molecule is COc1ccccc1C(=O)N[C@@H]1CCS(=O)(=O)C1. The van der Waals surface area contributed by atoms with E-state index in [0.717, 1.165) is 0 Å². The Labute approximate surface area is 106 Å². The lowest BCUT2D eigenvalue weighted by Gasteiger charge is -2.12. The summed E-state index contributed by atoms with van der Waals surface area (Å²) in [6, 6.07) is 6.56. The number of para-hydroxylation sites is 1. The van der Waals surface area contributed by atoms with Crippen LogP contribution in [0.15, 0.2) is 24.3 Å². The highest BCUT2D eigenvalue weighted by Crippen LogP contribution is 2.18. The summed E-state index contributed by atoms with van der Waals surface area (Å²) in [6.07, 6.45) is 0.475. The van der Waals surface area contributed by atoms with Crippen LogP contribution in [0.25, 0.3) is 0 Å². The van der Waals surface area contributed by atoms with E-state index < -0.39 is 9.84 Å². The molecule has 1 amide bonds. The molecule has 0 spiro atoms. The number of carbonyl (C=O) groups is 1. The number of sulfone groups is 1. The molecule has 0 aromatic heterocycles. The van der Waals surface area contributed by atoms with Crippen LogP contribution in [0.3, 0.4) is 0 Å². The van der Waals surface area contributed by atoms with E-state index in [1.165, 1.54) is 7.11 Å². The van der Waals surface area contributed by atoms with E-state index in [2.05, 4.69) is 5.32 Å². The second kappa shape index (κ2) is 4.97. The third-order valence-corrected chi connectivity index (χ3v) is 4.69. The van der Waals surface area contributed by atoms with E-state index in [-0.39, 0.29) is 23.5 Å². The average Bonchev–Trinajstić information content (AvgIpc) is 2.68. The highest BCUT2D eigenvalue weighted by molar-refractivity contribution is 7.91. The zero-order valence-corrected chi connectivity index (χ0v) is 10.9. The van der Waals surface area contributed by atoms with Gasteiger partial charge in [-0.25, -0.2) is 8.42 Å². The van der Waals surface area contributed by atoms with Crippen LogP contribution in [0.1, 0.15) is 16.8 Å². The Bertz CT molecular complexity index is 553. The molecule has 0 saturated carbocycles. The maximum Gasteiger partial charge on any atom is 0.255 e. The van der Waals surface area contributed by atoms with Crippen molar-refractivity contribution in [2.24, 2.45) is 0 Å². The van der Waals surface area contributed by atoms with Gasteiger partial charge in [-0.1, -0.05) is 12.1 Å². The average molecular weight is 269 g/mol. The van der Waals surface area contributed by atoms with Crippen molar-refractivity contribution >= 4 is 15.7 Å². The molecule has 1 aromatic carbocycles. The van der Waals surface area contributed by atoms with Gasteiger partial charge in [0.2, 0.25) is 0 Å². The molecule has 0 aliphatic carbocycles. The highest BCUT2D eigenvalue weighted by atomic mass is 32.2. The van der Waals surface area contributed by atoms with Crippen LogP contribution in [-0.4, -0.2) is 39.0 Å². The molecule has 0 radical (unpaired) electrons. The summed E-state index contributed by atoms with van der Waals surface area (Å²) in [5, 5.41) is 2.73. The van der Waals surface area contributed by atoms with Gasteiger partial charge in [0.15, 0.2) is 9.84 Å². The first-order valence-electron chi connectivity index (χ1n) is 5.66. The molecule has 98 valence electrons. The van der Waals surface area contributed by atoms with E-state index in [1.54, 1.807) is 24.3 Å². The first-order valence-corrected chi connectivity index (χ1v) is 7.48. The molecule has 0 unspecified atom stereocenters. The molecule has 1 N–H and O–H groups in total. The van der Waals surface area contributed by atoms with E-state index in [0.29, 0.717) is 17.7 Å². The van der Waals surface area contributed by atoms with Gasteiger partial charge in [-0.15, -0.1) is 0 Å². The maximum absolute atomic E-state index is 12.0. The summed E-state index contributed by atoms with van der Waals surface area (Å²) >= 11 is 0. The van der Waals surface area contributed by atoms with Crippen molar-refractivity contribution in [2.45, 2.75) is 12.5 Å². The molecule has 18 heavy (non-hydrogen) atoms. The van der Waals surface area contributed by atoms with E-state index in [1.807, 2.05) is 0 Å². The molecular weight excluding hydrogens is 254 g/mol. The summed E-state index contributed by atoms with van der Waals surface area (Å²) < 4.78 is 27.7. The normalized spacial score (nSPS) is 21.5. The lowest BCUT2D eigenvalue weighted by molar-refractivity contribution is 0.0938. The molecule has 1 heterocycles. The maximum atomic E-state index is 12.0. The number of rotatable bonds is 3. The van der Waals surface area contributed by atoms with Crippen LogP contribution in [0, 0.1) is 0 Å². The highest BCUT2D eigenvalue weighted by Gasteiger charge is 2.29. The molecule has 2 rings (SSSR count). The Balaban J connectivity index is 2.09. The standard InChI is InChI=1S/C12H15NO4S/c1-17-11-5-3-2-4-10(11)12(14)13-9-6-7-18(15,16)8-9/h2-5,9H,6-8H2,1H3,(H,13,14)/t9-/m1/s1. The molecule has 1 aliphatic heterocycles. The van der Waals surface area contributed by atoms with Crippen molar-refractivity contribution in [2.75, 3.05) is 18.6 Å². The van der Waals surface area contributed by atoms with Crippen LogP contribution < -0.4 is 10.1 Å². The van der Waals surface area contributed by atoms with E-state index in [9.17, 15) is 13.2 Å². The van der Waals surface area contributed by atoms with Gasteiger partial charge in [0, 0.05) is 6.04 Å². The zero-order valence-electron chi connectivity index (χ0n) is 10.0. The minimum absolute atomic E-state index is 0.0217. The van der Waals surface area contributed by atoms with Crippen molar-refractivity contribution in [3.63, 3.8) is 0 Å². The summed E-state index contributed by atoms with van der Waals surface area (Å²) in [5.74, 6) is 0.350. The van der Waals surface area contributed by atoms with Gasteiger partial charge in [-0.3, -0.25) is 4.79 Å². The molecule has 1 saturated heterocycles. The number of benzene rings is 1. The lowest BCUT2D eigenvalue weighted by Crippen LogP contribution is -2.35. The third-order valence-electron chi connectivity index (χ3n) is 2.92. The molecule has 1 aromatic rings. The van der Waals surface area contributed by atoms with Gasteiger partial charge in [0.1, 0.15) is 5.75 Å². The first kappa shape index (κ1) is 12.9. The molecule has 1 atom stereocenters. The fourth-order valence-electron chi connectivity index (χ4n) is 2.00. The number of hydrogen-bond acceptors (Lipinski definition) is 4. The van der Waals surface area contributed by atoms with Crippen molar-refractivity contribution < 1.29 is 17.9 Å². The molecule has 1 aliphatic rings. The van der Waals surface area contributed by atoms with Crippen molar-refractivity contribution in [3.8, 4) is 5.75 Å². The summed E-state index contributed by atoms with van der Waals surface area (Å²) in [5.41, 5.74) is 0.421. The number of methoxy groups -OCH3 is 1. The monoisotopic (exact) mass is 269 g/mol. The second-order valence-corrected chi connectivity index (χ2v) is 6.50. The minimum atomic E-state index is -2.98. The van der Waals surface area contributed by atoms with Gasteiger partial charge >= 0.3 is 0 Å². The first-order chi connectivity index (χ1) is 8.52. The Morgan fingerprint density at radius 3 is 2.72 bits per heavy atom. The predicted octanol–water partition coefficient (Wildman–Crippen LogP) is 0.612. The Morgan fingerprint density at radius 2 is 2.11 bits per heavy atom. The third kappa shape index (κ3) is 2.81. The fraction of sp³-hybridized carbons (Fsp3) is 0.417. The smallest absolute Gasteiger partial charge is 0.255 e. The van der Waals surface area contributed by atoms with Crippen LogP contribution in [-0.2, 0) is 9.84 Å². The van der Waals surface area contributed by atoms with E-state index in [4.69, 9.17) is 4.74 Å². The van der Waals surface area contributed by atoms with Crippen molar-refractivity contribution in [3.05, 3.63) is 29.8 Å². The Morgan fingerprint density at radius 1 is 1.39 bits per heavy atom. The lowest BCUT2D eigenvalue weighted by atomic mass is 10.1. The predicted molar refractivity (Wildman–Crippen MR) is 67.5 cm³/mol. The van der Waals surface area contributed by atoms with Crippen LogP contribution in [0.2, 0.25) is 0 Å². The van der Waals surface area contributed by atoms with Crippen LogP contribution in [0.4, 0.5) is 0 Å². The van der Waals surface area contributed by atoms with Crippen molar-refractivity contribution in [1.82, 2.24) is 5.32 Å². The number of nitrogens with one attached hydrogen (secondary N) is 1. The largest absolute Gasteiger partial charge is 0.496 e. The molecule has 1 fully saturated rings. The molecule has 6 heteroatoms. The summed E-state index contributed by atoms with van der Waals surface area (Å²) in [7, 11) is -1.49. The van der Waals surface area contributed by atoms with Crippen molar-refractivity contribution in [1.29, 1.82) is 0 Å².